The van der Waals surface area contributed by atoms with Gasteiger partial charge in [0.1, 0.15) is 5.75 Å². The van der Waals surface area contributed by atoms with E-state index in [1.807, 2.05) is 12.3 Å². The van der Waals surface area contributed by atoms with Crippen LogP contribution in [0.5, 0.6) is 5.75 Å². The predicted molar refractivity (Wildman–Crippen MR) is 112 cm³/mol. The Morgan fingerprint density at radius 2 is 2.06 bits per heavy atom. The Morgan fingerprint density at radius 3 is 2.84 bits per heavy atom. The van der Waals surface area contributed by atoms with Crippen LogP contribution in [0.15, 0.2) is 57.9 Å². The second kappa shape index (κ2) is 8.38. The largest absolute Gasteiger partial charge is 0.482 e. The van der Waals surface area contributed by atoms with Gasteiger partial charge in [-0.1, -0.05) is 18.2 Å². The lowest BCUT2D eigenvalue weighted by molar-refractivity contribution is -0.137. The van der Waals surface area contributed by atoms with Gasteiger partial charge in [-0.05, 0) is 31.2 Å². The van der Waals surface area contributed by atoms with Crippen LogP contribution < -0.4 is 14.9 Å². The molecule has 1 amide bonds. The number of carbonyl (C=O) groups excluding carboxylic acids is 1. The van der Waals surface area contributed by atoms with Gasteiger partial charge in [-0.15, -0.1) is 11.3 Å². The van der Waals surface area contributed by atoms with Gasteiger partial charge in [0.15, 0.2) is 6.61 Å². The van der Waals surface area contributed by atoms with Crippen molar-refractivity contribution in [2.75, 3.05) is 18.5 Å². The molecule has 0 aliphatic carbocycles. The molecule has 0 saturated heterocycles. The minimum Gasteiger partial charge on any atom is -0.482 e. The van der Waals surface area contributed by atoms with Crippen molar-refractivity contribution in [3.63, 3.8) is 0 Å². The second-order valence-corrected chi connectivity index (χ2v) is 7.40. The van der Waals surface area contributed by atoms with Gasteiger partial charge in [-0.3, -0.25) is 9.79 Å². The Hall–Kier alpha value is -3.40. The number of thiazole rings is 1. The summed E-state index contributed by atoms with van der Waals surface area (Å²) in [6, 6.07) is 10.5. The van der Waals surface area contributed by atoms with Gasteiger partial charge in [-0.25, -0.2) is 4.68 Å². The van der Waals surface area contributed by atoms with Crippen molar-refractivity contribution in [2.45, 2.75) is 13.1 Å². The van der Waals surface area contributed by atoms with Crippen molar-refractivity contribution in [3.8, 4) is 17.0 Å². The molecule has 1 N–H and O–H groups in total. The smallest absolute Gasteiger partial charge is 0.417 e. The fourth-order valence-electron chi connectivity index (χ4n) is 3.08. The maximum atomic E-state index is 13.3. The molecule has 31 heavy (non-hydrogen) atoms. The number of hydrogen-bond acceptors (Lipinski definition) is 5. The quantitative estimate of drug-likeness (QED) is 0.605. The van der Waals surface area contributed by atoms with Crippen molar-refractivity contribution < 1.29 is 22.7 Å². The minimum absolute atomic E-state index is 0.0480. The van der Waals surface area contributed by atoms with Crippen LogP contribution in [-0.2, 0) is 11.0 Å². The average Bonchev–Trinajstić information content (AvgIpc) is 3.14. The molecule has 1 aliphatic heterocycles. The second-order valence-electron chi connectivity index (χ2n) is 6.57. The normalized spacial score (nSPS) is 14.5. The third kappa shape index (κ3) is 4.38. The van der Waals surface area contributed by atoms with E-state index in [0.717, 1.165) is 6.07 Å². The molecule has 2 heterocycles. The molecule has 0 spiro atoms. The summed E-state index contributed by atoms with van der Waals surface area (Å²) in [4.78, 5) is 16.6. The highest BCUT2D eigenvalue weighted by molar-refractivity contribution is 7.07. The van der Waals surface area contributed by atoms with Gasteiger partial charge in [-0.2, -0.15) is 18.3 Å². The summed E-state index contributed by atoms with van der Waals surface area (Å²) < 4.78 is 46.8. The number of rotatable bonds is 4. The number of fused-ring (bicyclic) bond motifs is 1. The summed E-state index contributed by atoms with van der Waals surface area (Å²) in [6.07, 6.45) is -3.31. The van der Waals surface area contributed by atoms with Crippen molar-refractivity contribution >= 4 is 29.1 Å². The van der Waals surface area contributed by atoms with Crippen LogP contribution in [0.1, 0.15) is 18.1 Å². The van der Waals surface area contributed by atoms with Gasteiger partial charge >= 0.3 is 6.18 Å². The van der Waals surface area contributed by atoms with Crippen LogP contribution in [0.4, 0.5) is 18.9 Å². The first-order valence-corrected chi connectivity index (χ1v) is 10.2. The molecule has 4 rings (SSSR count). The van der Waals surface area contributed by atoms with Crippen molar-refractivity contribution in [1.82, 2.24) is 4.68 Å². The van der Waals surface area contributed by atoms with Crippen LogP contribution >= 0.6 is 11.3 Å². The van der Waals surface area contributed by atoms with E-state index in [0.29, 0.717) is 34.0 Å². The molecule has 2 aromatic carbocycles. The highest BCUT2D eigenvalue weighted by atomic mass is 32.1. The summed E-state index contributed by atoms with van der Waals surface area (Å²) in [5, 5.41) is 8.88. The molecular formula is C21H17F3N4O2S. The molecule has 6 nitrogen and oxygen atoms in total. The monoisotopic (exact) mass is 446 g/mol. The average molecular weight is 446 g/mol. The molecule has 0 radical (unpaired) electrons. The van der Waals surface area contributed by atoms with E-state index in [2.05, 4.69) is 15.4 Å². The standard InChI is InChI=1S/C21H17F3N4O2S/c1-2-25-20-28(26-10-14-5-3-4-6-15(14)21(22,23)24)17(12-31-20)13-7-8-18-16(9-13)27-19(29)11-30-18/h3-10,12H,2,11H2,1H3,(H,27,29). The molecular weight excluding hydrogens is 429 g/mol. The fourth-order valence-corrected chi connectivity index (χ4v) is 3.98. The predicted octanol–water partition coefficient (Wildman–Crippen LogP) is 4.37. The highest BCUT2D eigenvalue weighted by Crippen LogP contribution is 2.33. The van der Waals surface area contributed by atoms with Crippen molar-refractivity contribution in [3.05, 3.63) is 63.8 Å². The van der Waals surface area contributed by atoms with E-state index < -0.39 is 11.7 Å². The Morgan fingerprint density at radius 1 is 1.26 bits per heavy atom. The Bertz CT molecular complexity index is 1230. The molecule has 1 aliphatic rings. The summed E-state index contributed by atoms with van der Waals surface area (Å²) in [6.45, 7) is 2.30. The van der Waals surface area contributed by atoms with E-state index in [9.17, 15) is 18.0 Å². The molecule has 0 unspecified atom stereocenters. The number of alkyl halides is 3. The maximum Gasteiger partial charge on any atom is 0.417 e. The number of amides is 1. The Balaban J connectivity index is 1.79. The van der Waals surface area contributed by atoms with E-state index in [-0.39, 0.29) is 18.1 Å². The number of aromatic nitrogens is 1. The minimum atomic E-state index is -4.49. The Labute approximate surface area is 179 Å². The lowest BCUT2D eigenvalue weighted by Crippen LogP contribution is -2.25. The number of anilines is 1. The number of nitrogens with one attached hydrogen (secondary N) is 1. The van der Waals surface area contributed by atoms with Gasteiger partial charge in [0.2, 0.25) is 4.80 Å². The van der Waals surface area contributed by atoms with E-state index in [1.54, 1.807) is 18.2 Å². The zero-order valence-corrected chi connectivity index (χ0v) is 17.1. The lowest BCUT2D eigenvalue weighted by Gasteiger charge is -2.18. The first kappa shape index (κ1) is 20.9. The molecule has 160 valence electrons. The molecule has 10 heteroatoms. The van der Waals surface area contributed by atoms with Crippen molar-refractivity contribution in [1.29, 1.82) is 0 Å². The lowest BCUT2D eigenvalue weighted by atomic mass is 10.1. The number of carbonyl (C=O) groups is 1. The number of nitrogens with zero attached hydrogens (tertiary/aromatic N) is 3. The summed E-state index contributed by atoms with van der Waals surface area (Å²) in [5.74, 6) is 0.289. The van der Waals surface area contributed by atoms with Crippen LogP contribution in [0.2, 0.25) is 0 Å². The molecule has 0 atom stereocenters. The number of ether oxygens (including phenoxy) is 1. The van der Waals surface area contributed by atoms with E-state index in [1.165, 1.54) is 40.4 Å². The molecule has 0 saturated carbocycles. The zero-order valence-electron chi connectivity index (χ0n) is 16.3. The third-order valence-corrected chi connectivity index (χ3v) is 5.32. The fraction of sp³-hybridized carbons (Fsp3) is 0.190. The highest BCUT2D eigenvalue weighted by Gasteiger charge is 2.32. The van der Waals surface area contributed by atoms with E-state index >= 15 is 0 Å². The van der Waals surface area contributed by atoms with Gasteiger partial charge in [0, 0.05) is 23.1 Å². The topological polar surface area (TPSA) is 68.0 Å². The van der Waals surface area contributed by atoms with Crippen LogP contribution in [-0.4, -0.2) is 29.9 Å². The molecule has 3 aromatic rings. The Kier molecular flexibility index (Phi) is 5.64. The zero-order chi connectivity index (χ0) is 22.0. The van der Waals surface area contributed by atoms with Gasteiger partial charge in [0.25, 0.3) is 5.91 Å². The van der Waals surface area contributed by atoms with E-state index in [4.69, 9.17) is 4.74 Å². The van der Waals surface area contributed by atoms with Crippen molar-refractivity contribution in [2.24, 2.45) is 10.1 Å². The molecule has 0 bridgehead atoms. The maximum absolute atomic E-state index is 13.3. The SMILES string of the molecule is CCN=c1scc(-c2ccc3c(c2)NC(=O)CO3)n1N=Cc1ccccc1C(F)(F)F. The summed E-state index contributed by atoms with van der Waals surface area (Å²) in [5.41, 5.74) is 1.04. The third-order valence-electron chi connectivity index (χ3n) is 4.47. The van der Waals surface area contributed by atoms with Crippen LogP contribution in [0, 0.1) is 0 Å². The van der Waals surface area contributed by atoms with Crippen LogP contribution in [0.25, 0.3) is 11.3 Å². The van der Waals surface area contributed by atoms with Gasteiger partial charge in [0.05, 0.1) is 23.2 Å². The number of benzene rings is 2. The van der Waals surface area contributed by atoms with Gasteiger partial charge < -0.3 is 10.1 Å². The first-order chi connectivity index (χ1) is 14.9. The summed E-state index contributed by atoms with van der Waals surface area (Å²) in [7, 11) is 0. The number of hydrogen-bond donors (Lipinski definition) is 1. The summed E-state index contributed by atoms with van der Waals surface area (Å²) >= 11 is 1.32. The van der Waals surface area contributed by atoms with Crippen LogP contribution in [0.3, 0.4) is 0 Å². The number of halogens is 3. The first-order valence-electron chi connectivity index (χ1n) is 9.35. The molecule has 0 fully saturated rings. The molecule has 1 aromatic heterocycles.